The molecule has 0 amide bonds. The van der Waals surface area contributed by atoms with Crippen molar-refractivity contribution >= 4 is 5.97 Å². The van der Waals surface area contributed by atoms with Crippen LogP contribution in [0, 0.1) is 105 Å². The summed E-state index contributed by atoms with van der Waals surface area (Å²) in [6, 6.07) is 0. The number of carbonyl (C=O) groups is 1. The Morgan fingerprint density at radius 3 is 2.21 bits per heavy atom. The van der Waals surface area contributed by atoms with Crippen LogP contribution in [-0.2, 0) is 9.53 Å². The molecule has 4 nitrogen and oxygen atoms in total. The quantitative estimate of drug-likeness (QED) is 0.256. The lowest BCUT2D eigenvalue weighted by Crippen LogP contribution is -2.63. The normalized spacial score (nSPS) is 56.7. The molecule has 9 fully saturated rings. The average Bonchev–Trinajstić information content (AvgIpc) is 3.73. The van der Waals surface area contributed by atoms with Gasteiger partial charge >= 0.3 is 5.97 Å². The maximum absolute atomic E-state index is 14.6. The molecular weight excluding hydrogens is 653 g/mol. The lowest BCUT2D eigenvalue weighted by molar-refractivity contribution is -0.219. The molecule has 0 saturated heterocycles. The van der Waals surface area contributed by atoms with E-state index in [1.54, 1.807) is 0 Å². The third-order valence-electron chi connectivity index (χ3n) is 21.6. The van der Waals surface area contributed by atoms with Gasteiger partial charge in [-0.1, -0.05) is 74.1 Å². The van der Waals surface area contributed by atoms with Crippen LogP contribution in [0.25, 0.3) is 0 Å². The number of hydrogen-bond donors (Lipinski definition) is 2. The van der Waals surface area contributed by atoms with E-state index in [9.17, 15) is 15.0 Å². The average molecular weight is 733 g/mol. The summed E-state index contributed by atoms with van der Waals surface area (Å²) in [6.07, 6.45) is 24.3. The van der Waals surface area contributed by atoms with E-state index in [0.29, 0.717) is 58.2 Å². The molecule has 9 saturated carbocycles. The smallest absolute Gasteiger partial charge is 0.309 e. The molecule has 0 bridgehead atoms. The van der Waals surface area contributed by atoms with E-state index in [-0.39, 0.29) is 41.0 Å². The van der Waals surface area contributed by atoms with Gasteiger partial charge in [-0.3, -0.25) is 4.79 Å². The Hall–Kier alpha value is -0.610. The molecule has 9 aliphatic carbocycles. The first-order valence-electron chi connectivity index (χ1n) is 23.8. The number of aliphatic hydroxyl groups is 2. The highest BCUT2D eigenvalue weighted by Gasteiger charge is 2.68. The number of rotatable bonds is 7. The molecule has 0 aromatic carbocycles. The zero-order valence-corrected chi connectivity index (χ0v) is 35.2. The van der Waals surface area contributed by atoms with E-state index < -0.39 is 0 Å². The summed E-state index contributed by atoms with van der Waals surface area (Å²) in [5.74, 6) is 8.42. The second-order valence-electron chi connectivity index (χ2n) is 23.2. The number of esters is 1. The first-order valence-corrected chi connectivity index (χ1v) is 23.8. The lowest BCUT2D eigenvalue weighted by atomic mass is 9.43. The first-order chi connectivity index (χ1) is 25.3. The number of carbonyl (C=O) groups excluding carboxylic acids is 1. The predicted octanol–water partition coefficient (Wildman–Crippen LogP) is 11.3. The summed E-state index contributed by atoms with van der Waals surface area (Å²) in [7, 11) is 0. The maximum atomic E-state index is 14.6. The Balaban J connectivity index is 0.923. The van der Waals surface area contributed by atoms with Crippen molar-refractivity contribution in [2.24, 2.45) is 105 Å². The molecule has 9 aliphatic rings. The molecule has 0 aromatic heterocycles. The van der Waals surface area contributed by atoms with Crippen molar-refractivity contribution in [1.82, 2.24) is 0 Å². The van der Waals surface area contributed by atoms with Gasteiger partial charge in [-0.25, -0.2) is 0 Å². The van der Waals surface area contributed by atoms with Crippen molar-refractivity contribution < 1.29 is 19.7 Å². The molecule has 0 heterocycles. The largest absolute Gasteiger partial charge is 0.462 e. The van der Waals surface area contributed by atoms with Crippen molar-refractivity contribution in [2.45, 2.75) is 195 Å². The van der Waals surface area contributed by atoms with Crippen molar-refractivity contribution in [3.63, 3.8) is 0 Å². The molecule has 2 N–H and O–H groups in total. The van der Waals surface area contributed by atoms with Crippen LogP contribution in [0.2, 0.25) is 0 Å². The van der Waals surface area contributed by atoms with Crippen LogP contribution >= 0.6 is 0 Å². The van der Waals surface area contributed by atoms with Gasteiger partial charge in [-0.15, -0.1) is 0 Å². The summed E-state index contributed by atoms with van der Waals surface area (Å²) in [5.41, 5.74) is 1.09. The molecule has 300 valence electrons. The minimum absolute atomic E-state index is 0.0563. The molecule has 21 atom stereocenters. The molecule has 9 rings (SSSR count). The van der Waals surface area contributed by atoms with Crippen LogP contribution in [0.4, 0.5) is 0 Å². The van der Waals surface area contributed by atoms with Crippen molar-refractivity contribution in [1.29, 1.82) is 0 Å². The Morgan fingerprint density at radius 2 is 1.42 bits per heavy atom. The highest BCUT2D eigenvalue weighted by Crippen LogP contribution is 2.71. The number of hydrogen-bond acceptors (Lipinski definition) is 4. The summed E-state index contributed by atoms with van der Waals surface area (Å²) in [5, 5.41) is 22.6. The fourth-order valence-electron chi connectivity index (χ4n) is 18.7. The number of aliphatic hydroxyl groups excluding tert-OH is 2. The SMILES string of the molecule is CCC[C@@H](C)[C@H]1CC[C@H]2[C@@H]3[C@H](O)C[C@@H]4C[C@H](O)CC[C@]4(C)[C@H]3C[C@H](OC(=O)C3CC3[C@@H](C)[C@H]3CCC4C5CCC6CCCC[C@]6(C)C5CC[C@@]43C)[C@]12C. The molecule has 4 heteroatoms. The summed E-state index contributed by atoms with van der Waals surface area (Å²) in [6.45, 7) is 17.7. The molecule has 0 spiro atoms. The second kappa shape index (κ2) is 13.5. The van der Waals surface area contributed by atoms with Crippen molar-refractivity contribution in [3.8, 4) is 0 Å². The lowest BCUT2D eigenvalue weighted by Gasteiger charge is -2.64. The van der Waals surface area contributed by atoms with Crippen LogP contribution < -0.4 is 0 Å². The minimum atomic E-state index is -0.300. The first kappa shape index (κ1) is 37.9. The molecule has 6 unspecified atom stereocenters. The molecule has 0 radical (unpaired) electrons. The fraction of sp³-hybridized carbons (Fsp3) is 0.980. The third kappa shape index (κ3) is 5.62. The molecule has 0 aromatic rings. The van der Waals surface area contributed by atoms with E-state index in [1.807, 2.05) is 0 Å². The van der Waals surface area contributed by atoms with Gasteiger partial charge in [0.15, 0.2) is 0 Å². The Kier molecular flexibility index (Phi) is 9.65. The number of fused-ring (bicyclic) bond motifs is 10. The standard InChI is InChI=1S/C49H80O4/c1-8-11-28(2)36-15-18-40-44-41(47(5)22-19-32(50)24-31(47)25-42(44)51)27-43(49(36,40)7)53-45(52)35-26-34(35)29(3)37-16-17-38-33-14-13-30-12-9-10-21-46(30,4)39(33)20-23-48(37,38)6/h28-44,50-51H,8-27H2,1-7H3/t28-,29-,30?,31+,32-,33?,34?,35?,36-,37-,38?,39?,40+,41+,42-,43+,44+,46+,47+,48-,49-/m1/s1. The van der Waals surface area contributed by atoms with E-state index in [1.165, 1.54) is 83.5 Å². The van der Waals surface area contributed by atoms with E-state index >= 15 is 0 Å². The fourth-order valence-corrected chi connectivity index (χ4v) is 18.7. The zero-order chi connectivity index (χ0) is 37.2. The predicted molar refractivity (Wildman–Crippen MR) is 213 cm³/mol. The van der Waals surface area contributed by atoms with Gasteiger partial charge in [0.25, 0.3) is 0 Å². The van der Waals surface area contributed by atoms with Crippen molar-refractivity contribution in [3.05, 3.63) is 0 Å². The minimum Gasteiger partial charge on any atom is -0.462 e. The summed E-state index contributed by atoms with van der Waals surface area (Å²) >= 11 is 0. The topological polar surface area (TPSA) is 66.8 Å². The second-order valence-corrected chi connectivity index (χ2v) is 23.2. The van der Waals surface area contributed by atoms with Crippen LogP contribution in [0.1, 0.15) is 177 Å². The number of ether oxygens (including phenoxy) is 1. The van der Waals surface area contributed by atoms with E-state index in [4.69, 9.17) is 4.74 Å². The summed E-state index contributed by atoms with van der Waals surface area (Å²) < 4.78 is 7.06. The van der Waals surface area contributed by atoms with Crippen LogP contribution in [0.15, 0.2) is 0 Å². The van der Waals surface area contributed by atoms with Crippen LogP contribution in [0.3, 0.4) is 0 Å². The molecular formula is C49H80O4. The van der Waals surface area contributed by atoms with Crippen LogP contribution in [-0.4, -0.2) is 34.5 Å². The Bertz CT molecular complexity index is 1380. The van der Waals surface area contributed by atoms with Gasteiger partial charge < -0.3 is 14.9 Å². The van der Waals surface area contributed by atoms with Gasteiger partial charge in [0.1, 0.15) is 6.10 Å². The van der Waals surface area contributed by atoms with E-state index in [0.717, 1.165) is 74.5 Å². The highest BCUT2D eigenvalue weighted by atomic mass is 16.5. The van der Waals surface area contributed by atoms with Crippen LogP contribution in [0.5, 0.6) is 0 Å². The Labute approximate surface area is 324 Å². The third-order valence-corrected chi connectivity index (χ3v) is 21.6. The summed E-state index contributed by atoms with van der Waals surface area (Å²) in [4.78, 5) is 14.6. The highest BCUT2D eigenvalue weighted by molar-refractivity contribution is 5.76. The van der Waals surface area contributed by atoms with Gasteiger partial charge in [0.2, 0.25) is 0 Å². The zero-order valence-electron chi connectivity index (χ0n) is 35.2. The van der Waals surface area contributed by atoms with Crippen molar-refractivity contribution in [2.75, 3.05) is 0 Å². The maximum Gasteiger partial charge on any atom is 0.309 e. The molecule has 0 aliphatic heterocycles. The van der Waals surface area contributed by atoms with Gasteiger partial charge in [0, 0.05) is 5.41 Å². The van der Waals surface area contributed by atoms with Gasteiger partial charge in [-0.2, -0.15) is 0 Å². The monoisotopic (exact) mass is 733 g/mol. The van der Waals surface area contributed by atoms with Gasteiger partial charge in [-0.05, 0) is 196 Å². The van der Waals surface area contributed by atoms with Gasteiger partial charge in [0.05, 0.1) is 18.1 Å². The van der Waals surface area contributed by atoms with E-state index in [2.05, 4.69) is 48.5 Å². The molecule has 53 heavy (non-hydrogen) atoms. The Morgan fingerprint density at radius 1 is 0.698 bits per heavy atom.